The lowest BCUT2D eigenvalue weighted by Gasteiger charge is -2.68. The average molecular weight is 468 g/mol. The summed E-state index contributed by atoms with van der Waals surface area (Å²) in [6.45, 7) is 10.8. The highest BCUT2D eigenvalue weighted by atomic mass is 16.3. The molecule has 5 rings (SSSR count). The molecule has 3 N–H and O–H groups in total. The molecule has 0 aromatic heterocycles. The van der Waals surface area contributed by atoms with Gasteiger partial charge in [0.15, 0.2) is 5.78 Å². The number of allylic oxidation sites excluding steroid dienone is 3. The SMILES string of the molecule is CC1C(=O)C(C#N)=CC2(C)C3=CC(O)C4(O)C5CC(C)(C)CCC5(CO)CCC4C3(C)CCC12. The molecule has 0 spiro atoms. The summed E-state index contributed by atoms with van der Waals surface area (Å²) in [6, 6.07) is 2.13. The maximum Gasteiger partial charge on any atom is 0.176 e. The predicted octanol–water partition coefficient (Wildman–Crippen LogP) is 4.32. The minimum absolute atomic E-state index is 0.0520. The fourth-order valence-electron chi connectivity index (χ4n) is 9.57. The van der Waals surface area contributed by atoms with E-state index in [0.717, 1.165) is 50.5 Å². The number of nitrogens with zero attached hydrogens (tertiary/aromatic N) is 1. The molecule has 5 nitrogen and oxygen atoms in total. The Bertz CT molecular complexity index is 1020. The number of carbonyl (C=O) groups is 1. The summed E-state index contributed by atoms with van der Waals surface area (Å²) in [5.41, 5.74) is -1.09. The van der Waals surface area contributed by atoms with E-state index in [1.807, 2.05) is 19.1 Å². The molecule has 186 valence electrons. The van der Waals surface area contributed by atoms with Crippen molar-refractivity contribution in [1.29, 1.82) is 5.26 Å². The van der Waals surface area contributed by atoms with Gasteiger partial charge >= 0.3 is 0 Å². The number of fused-ring (bicyclic) bond motifs is 7. The lowest BCUT2D eigenvalue weighted by atomic mass is 9.38. The molecule has 3 fully saturated rings. The molecule has 0 bridgehead atoms. The molecule has 0 aromatic rings. The van der Waals surface area contributed by atoms with Crippen molar-refractivity contribution in [3.63, 3.8) is 0 Å². The van der Waals surface area contributed by atoms with Crippen LogP contribution in [0.5, 0.6) is 0 Å². The van der Waals surface area contributed by atoms with E-state index in [1.54, 1.807) is 0 Å². The van der Waals surface area contributed by atoms with E-state index in [4.69, 9.17) is 0 Å². The van der Waals surface area contributed by atoms with Gasteiger partial charge < -0.3 is 15.3 Å². The third-order valence-corrected chi connectivity index (χ3v) is 11.5. The van der Waals surface area contributed by atoms with Gasteiger partial charge in [0.05, 0.1) is 5.57 Å². The maximum atomic E-state index is 12.8. The Morgan fingerprint density at radius 3 is 2.44 bits per heavy atom. The number of ketones is 1. The van der Waals surface area contributed by atoms with E-state index in [0.29, 0.717) is 0 Å². The number of aliphatic hydroxyl groups is 3. The van der Waals surface area contributed by atoms with Gasteiger partial charge in [-0.2, -0.15) is 5.26 Å². The Hall–Kier alpha value is -1.48. The zero-order chi connectivity index (χ0) is 24.9. The Labute approximate surface area is 203 Å². The van der Waals surface area contributed by atoms with E-state index in [2.05, 4.69) is 33.8 Å². The van der Waals surface area contributed by atoms with Crippen molar-refractivity contribution >= 4 is 5.78 Å². The van der Waals surface area contributed by atoms with Crippen LogP contribution in [-0.2, 0) is 4.79 Å². The normalized spacial score (nSPS) is 51.6. The van der Waals surface area contributed by atoms with Crippen LogP contribution in [0.2, 0.25) is 0 Å². The zero-order valence-electron chi connectivity index (χ0n) is 21.4. The maximum absolute atomic E-state index is 12.8. The van der Waals surface area contributed by atoms with Gasteiger partial charge in [0.1, 0.15) is 17.8 Å². The molecule has 34 heavy (non-hydrogen) atoms. The highest BCUT2D eigenvalue weighted by molar-refractivity contribution is 6.02. The van der Waals surface area contributed by atoms with Crippen LogP contribution >= 0.6 is 0 Å². The first-order valence-corrected chi connectivity index (χ1v) is 13.2. The van der Waals surface area contributed by atoms with Gasteiger partial charge in [-0.05, 0) is 78.9 Å². The number of nitriles is 1. The van der Waals surface area contributed by atoms with Crippen LogP contribution in [0.3, 0.4) is 0 Å². The lowest BCUT2D eigenvalue weighted by Crippen LogP contribution is -2.70. The molecular formula is C29H41NO4. The van der Waals surface area contributed by atoms with Crippen molar-refractivity contribution in [3.8, 4) is 6.07 Å². The fraction of sp³-hybridized carbons (Fsp3) is 0.793. The first kappa shape index (κ1) is 24.2. The van der Waals surface area contributed by atoms with Gasteiger partial charge in [0.25, 0.3) is 0 Å². The second-order valence-corrected chi connectivity index (χ2v) is 13.6. The molecule has 0 saturated heterocycles. The molecule has 9 unspecified atom stereocenters. The van der Waals surface area contributed by atoms with Crippen LogP contribution in [0.4, 0.5) is 0 Å². The van der Waals surface area contributed by atoms with Crippen molar-refractivity contribution in [2.24, 2.45) is 45.3 Å². The van der Waals surface area contributed by atoms with Gasteiger partial charge in [-0.1, -0.05) is 52.3 Å². The van der Waals surface area contributed by atoms with Crippen LogP contribution in [0.15, 0.2) is 23.3 Å². The third kappa shape index (κ3) is 2.85. The number of carbonyl (C=O) groups excluding carboxylic acids is 1. The Balaban J connectivity index is 1.67. The number of Topliss-reactive ketones (excluding diaryl/α,β-unsaturated/α-hetero) is 1. The van der Waals surface area contributed by atoms with Crippen molar-refractivity contribution in [3.05, 3.63) is 23.3 Å². The summed E-state index contributed by atoms with van der Waals surface area (Å²) >= 11 is 0. The largest absolute Gasteiger partial charge is 0.396 e. The molecule has 5 aliphatic rings. The molecular weight excluding hydrogens is 426 g/mol. The van der Waals surface area contributed by atoms with E-state index >= 15 is 0 Å². The molecule has 0 radical (unpaired) electrons. The van der Waals surface area contributed by atoms with Crippen LogP contribution in [0.25, 0.3) is 0 Å². The third-order valence-electron chi connectivity index (χ3n) is 11.5. The number of hydrogen-bond donors (Lipinski definition) is 3. The van der Waals surface area contributed by atoms with Gasteiger partial charge in [0, 0.05) is 17.9 Å². The summed E-state index contributed by atoms with van der Waals surface area (Å²) in [5, 5.41) is 44.5. The smallest absolute Gasteiger partial charge is 0.176 e. The van der Waals surface area contributed by atoms with Crippen molar-refractivity contribution in [2.45, 2.75) is 91.3 Å². The highest BCUT2D eigenvalue weighted by Crippen LogP contribution is 2.70. The van der Waals surface area contributed by atoms with Crippen LogP contribution in [0, 0.1) is 56.7 Å². The van der Waals surface area contributed by atoms with Crippen LogP contribution < -0.4 is 0 Å². The Morgan fingerprint density at radius 2 is 1.79 bits per heavy atom. The van der Waals surface area contributed by atoms with E-state index in [9.17, 15) is 25.4 Å². The van der Waals surface area contributed by atoms with Gasteiger partial charge in [0.2, 0.25) is 0 Å². The second-order valence-electron chi connectivity index (χ2n) is 13.6. The zero-order valence-corrected chi connectivity index (χ0v) is 21.4. The topological polar surface area (TPSA) is 102 Å². The van der Waals surface area contributed by atoms with Gasteiger partial charge in [-0.15, -0.1) is 0 Å². The quantitative estimate of drug-likeness (QED) is 0.499. The highest BCUT2D eigenvalue weighted by Gasteiger charge is 2.69. The van der Waals surface area contributed by atoms with E-state index in [-0.39, 0.29) is 57.9 Å². The molecule has 0 aromatic carbocycles. The number of aliphatic hydroxyl groups excluding tert-OH is 2. The van der Waals surface area contributed by atoms with Crippen LogP contribution in [0.1, 0.15) is 79.6 Å². The minimum Gasteiger partial charge on any atom is -0.396 e. The van der Waals surface area contributed by atoms with Crippen molar-refractivity contribution in [2.75, 3.05) is 6.61 Å². The van der Waals surface area contributed by atoms with Gasteiger partial charge in [-0.25, -0.2) is 0 Å². The Kier molecular flexibility index (Phi) is 5.18. The molecule has 0 aliphatic heterocycles. The molecule has 0 heterocycles. The number of hydrogen-bond acceptors (Lipinski definition) is 5. The molecule has 5 heteroatoms. The second kappa shape index (κ2) is 7.28. The molecule has 5 aliphatic carbocycles. The summed E-state index contributed by atoms with van der Waals surface area (Å²) in [6.07, 6.45) is 8.76. The fourth-order valence-corrected chi connectivity index (χ4v) is 9.57. The van der Waals surface area contributed by atoms with Gasteiger partial charge in [-0.3, -0.25) is 4.79 Å². The average Bonchev–Trinajstić information content (AvgIpc) is 2.78. The number of rotatable bonds is 1. The summed E-state index contributed by atoms with van der Waals surface area (Å²) in [7, 11) is 0. The summed E-state index contributed by atoms with van der Waals surface area (Å²) in [5.74, 6) is -0.515. The molecule has 3 saturated carbocycles. The van der Waals surface area contributed by atoms with Crippen molar-refractivity contribution in [1.82, 2.24) is 0 Å². The molecule has 9 atom stereocenters. The summed E-state index contributed by atoms with van der Waals surface area (Å²) < 4.78 is 0. The lowest BCUT2D eigenvalue weighted by molar-refractivity contribution is -0.252. The van der Waals surface area contributed by atoms with E-state index < -0.39 is 17.1 Å². The molecule has 0 amide bonds. The monoisotopic (exact) mass is 467 g/mol. The minimum atomic E-state index is -1.29. The first-order valence-electron chi connectivity index (χ1n) is 13.2. The summed E-state index contributed by atoms with van der Waals surface area (Å²) in [4.78, 5) is 12.8. The first-order chi connectivity index (χ1) is 15.8. The van der Waals surface area contributed by atoms with Crippen LogP contribution in [-0.4, -0.2) is 39.4 Å². The predicted molar refractivity (Wildman–Crippen MR) is 129 cm³/mol. The Morgan fingerprint density at radius 1 is 1.09 bits per heavy atom. The van der Waals surface area contributed by atoms with E-state index in [1.165, 1.54) is 0 Å². The van der Waals surface area contributed by atoms with Crippen molar-refractivity contribution < 1.29 is 20.1 Å². The standard InChI is InChI=1S/C29H41NO4/c1-17-19-6-8-26(4)20-7-9-28(16-31)11-10-25(2,3)14-22(28)29(20,34)23(32)12-21(26)27(19,5)13-18(15-30)24(17)33/h12-13,17,19-20,22-23,31-32,34H,6-11,14,16H2,1-5H3.